The van der Waals surface area contributed by atoms with Gasteiger partial charge in [0.15, 0.2) is 0 Å². The Labute approximate surface area is 117 Å². The summed E-state index contributed by atoms with van der Waals surface area (Å²) in [7, 11) is 0. The van der Waals surface area contributed by atoms with E-state index in [1.807, 2.05) is 12.1 Å². The van der Waals surface area contributed by atoms with Crippen molar-refractivity contribution in [2.45, 2.75) is 45.2 Å². The molecule has 2 rings (SSSR count). The lowest BCUT2D eigenvalue weighted by Crippen LogP contribution is -2.36. The molecule has 3 N–H and O–H groups in total. The molecule has 1 heterocycles. The average molecular weight is 283 g/mol. The summed E-state index contributed by atoms with van der Waals surface area (Å²) < 4.78 is 5.30. The topological polar surface area (TPSA) is 99.8 Å². The summed E-state index contributed by atoms with van der Waals surface area (Å²) in [5.41, 5.74) is 0. The monoisotopic (exact) mass is 283 g/mol. The Hall–Kier alpha value is -1.82. The van der Waals surface area contributed by atoms with Gasteiger partial charge in [0.1, 0.15) is 5.76 Å². The summed E-state index contributed by atoms with van der Waals surface area (Å²) in [5.74, 6) is -1.79. The highest BCUT2D eigenvalue weighted by molar-refractivity contribution is 6.27. The van der Waals surface area contributed by atoms with E-state index in [1.54, 1.807) is 6.26 Å². The van der Waals surface area contributed by atoms with E-state index in [0.29, 0.717) is 6.04 Å². The zero-order valence-corrected chi connectivity index (χ0v) is 11.5. The lowest BCUT2D eigenvalue weighted by molar-refractivity contribution is -0.159. The van der Waals surface area contributed by atoms with Crippen LogP contribution >= 0.6 is 0 Å². The molecule has 0 aliphatic heterocycles. The molecule has 2 unspecified atom stereocenters. The van der Waals surface area contributed by atoms with E-state index in [1.165, 1.54) is 25.7 Å². The van der Waals surface area contributed by atoms with Gasteiger partial charge in [-0.05, 0) is 30.9 Å². The Morgan fingerprint density at radius 1 is 1.30 bits per heavy atom. The first-order valence-electron chi connectivity index (χ1n) is 6.72. The van der Waals surface area contributed by atoms with Crippen molar-refractivity contribution in [3.05, 3.63) is 24.2 Å². The van der Waals surface area contributed by atoms with Crippen molar-refractivity contribution >= 4 is 11.9 Å². The van der Waals surface area contributed by atoms with Crippen molar-refractivity contribution < 1.29 is 24.2 Å². The quantitative estimate of drug-likeness (QED) is 0.735. The van der Waals surface area contributed by atoms with Gasteiger partial charge in [-0.25, -0.2) is 9.59 Å². The first-order valence-corrected chi connectivity index (χ1v) is 6.72. The minimum atomic E-state index is -1.82. The van der Waals surface area contributed by atoms with Crippen LogP contribution in [0.3, 0.4) is 0 Å². The molecule has 0 radical (unpaired) electrons. The van der Waals surface area contributed by atoms with Crippen molar-refractivity contribution in [1.29, 1.82) is 0 Å². The fraction of sp³-hybridized carbons (Fsp3) is 0.571. The highest BCUT2D eigenvalue weighted by Gasteiger charge is 2.20. The second kappa shape index (κ2) is 8.37. The van der Waals surface area contributed by atoms with Crippen LogP contribution in [-0.4, -0.2) is 28.2 Å². The van der Waals surface area contributed by atoms with Crippen molar-refractivity contribution in [3.63, 3.8) is 0 Å². The number of carboxylic acids is 2. The number of nitrogens with one attached hydrogen (secondary N) is 1. The van der Waals surface area contributed by atoms with Crippen LogP contribution in [0.15, 0.2) is 22.8 Å². The van der Waals surface area contributed by atoms with Gasteiger partial charge in [0, 0.05) is 6.04 Å². The Bertz CT molecular complexity index is 403. The molecule has 6 heteroatoms. The van der Waals surface area contributed by atoms with E-state index >= 15 is 0 Å². The molecule has 6 nitrogen and oxygen atoms in total. The van der Waals surface area contributed by atoms with Crippen LogP contribution in [-0.2, 0) is 16.1 Å². The second-order valence-electron chi connectivity index (χ2n) is 4.94. The fourth-order valence-corrected chi connectivity index (χ4v) is 2.26. The van der Waals surface area contributed by atoms with Crippen molar-refractivity contribution in [1.82, 2.24) is 5.32 Å². The number of carboxylic acid groups (broad SMARTS) is 2. The molecule has 0 amide bonds. The van der Waals surface area contributed by atoms with Gasteiger partial charge >= 0.3 is 11.9 Å². The third kappa shape index (κ3) is 5.88. The van der Waals surface area contributed by atoms with Crippen molar-refractivity contribution in [2.24, 2.45) is 5.92 Å². The SMILES string of the molecule is CC1CCCCC1NCc1ccco1.O=C(O)C(=O)O. The van der Waals surface area contributed by atoms with Crippen LogP contribution in [0, 0.1) is 5.92 Å². The standard InChI is InChI=1S/C12H19NO.C2H2O4/c1-10-5-2-3-7-12(10)13-9-11-6-4-8-14-11;3-1(4)2(5)6/h4,6,8,10,12-13H,2-3,5,7,9H2,1H3;(H,3,4)(H,5,6). The molecular weight excluding hydrogens is 262 g/mol. The van der Waals surface area contributed by atoms with Crippen molar-refractivity contribution in [2.75, 3.05) is 0 Å². The summed E-state index contributed by atoms with van der Waals surface area (Å²) in [6, 6.07) is 4.66. The zero-order chi connectivity index (χ0) is 15.0. The minimum Gasteiger partial charge on any atom is -0.473 e. The van der Waals surface area contributed by atoms with Crippen molar-refractivity contribution in [3.8, 4) is 0 Å². The predicted octanol–water partition coefficient (Wildman–Crippen LogP) is 2.10. The Morgan fingerprint density at radius 3 is 2.45 bits per heavy atom. The molecule has 0 aromatic carbocycles. The highest BCUT2D eigenvalue weighted by Crippen LogP contribution is 2.23. The van der Waals surface area contributed by atoms with E-state index < -0.39 is 11.9 Å². The number of aliphatic carboxylic acids is 2. The summed E-state index contributed by atoms with van der Waals surface area (Å²) in [6.45, 7) is 3.22. The molecule has 1 aromatic rings. The highest BCUT2D eigenvalue weighted by atomic mass is 16.4. The molecule has 1 saturated carbocycles. The van der Waals surface area contributed by atoms with Crippen LogP contribution in [0.4, 0.5) is 0 Å². The van der Waals surface area contributed by atoms with Gasteiger partial charge in [0.25, 0.3) is 0 Å². The maximum Gasteiger partial charge on any atom is 0.414 e. The maximum atomic E-state index is 9.10. The lowest BCUT2D eigenvalue weighted by Gasteiger charge is -2.29. The molecule has 1 aromatic heterocycles. The van der Waals surface area contributed by atoms with Gasteiger partial charge in [0.05, 0.1) is 12.8 Å². The molecule has 1 fully saturated rings. The minimum absolute atomic E-state index is 0.689. The van der Waals surface area contributed by atoms with Crippen LogP contribution in [0.25, 0.3) is 0 Å². The van der Waals surface area contributed by atoms with Crippen LogP contribution in [0.1, 0.15) is 38.4 Å². The zero-order valence-electron chi connectivity index (χ0n) is 11.5. The third-order valence-corrected chi connectivity index (χ3v) is 3.41. The van der Waals surface area contributed by atoms with Gasteiger partial charge in [-0.15, -0.1) is 0 Å². The molecular formula is C14H21NO5. The first kappa shape index (κ1) is 16.2. The number of rotatable bonds is 3. The van der Waals surface area contributed by atoms with Gasteiger partial charge in [-0.3, -0.25) is 0 Å². The van der Waals surface area contributed by atoms with Gasteiger partial charge < -0.3 is 19.9 Å². The number of hydrogen-bond donors (Lipinski definition) is 3. The molecule has 0 saturated heterocycles. The number of furan rings is 1. The molecule has 1 aliphatic carbocycles. The normalized spacial score (nSPS) is 21.6. The second-order valence-corrected chi connectivity index (χ2v) is 4.94. The largest absolute Gasteiger partial charge is 0.473 e. The predicted molar refractivity (Wildman–Crippen MR) is 72.2 cm³/mol. The fourth-order valence-electron chi connectivity index (χ4n) is 2.26. The maximum absolute atomic E-state index is 9.10. The summed E-state index contributed by atoms with van der Waals surface area (Å²) in [6.07, 6.45) is 7.21. The van der Waals surface area contributed by atoms with E-state index in [2.05, 4.69) is 12.2 Å². The van der Waals surface area contributed by atoms with Crippen LogP contribution in [0.5, 0.6) is 0 Å². The summed E-state index contributed by atoms with van der Waals surface area (Å²) in [4.78, 5) is 18.2. The average Bonchev–Trinajstić information content (AvgIpc) is 2.91. The molecule has 2 atom stereocenters. The van der Waals surface area contributed by atoms with Crippen LogP contribution < -0.4 is 5.32 Å². The molecule has 1 aliphatic rings. The summed E-state index contributed by atoms with van der Waals surface area (Å²) >= 11 is 0. The first-order chi connectivity index (χ1) is 9.50. The van der Waals surface area contributed by atoms with E-state index in [9.17, 15) is 0 Å². The lowest BCUT2D eigenvalue weighted by atomic mass is 9.86. The smallest absolute Gasteiger partial charge is 0.414 e. The molecule has 20 heavy (non-hydrogen) atoms. The Balaban J connectivity index is 0.000000286. The van der Waals surface area contributed by atoms with E-state index in [0.717, 1.165) is 18.2 Å². The number of hydrogen-bond acceptors (Lipinski definition) is 4. The van der Waals surface area contributed by atoms with Gasteiger partial charge in [-0.2, -0.15) is 0 Å². The molecule has 0 bridgehead atoms. The Morgan fingerprint density at radius 2 is 1.95 bits per heavy atom. The number of carbonyl (C=O) groups is 2. The van der Waals surface area contributed by atoms with E-state index in [-0.39, 0.29) is 0 Å². The van der Waals surface area contributed by atoms with E-state index in [4.69, 9.17) is 24.2 Å². The molecule has 0 spiro atoms. The molecule has 112 valence electrons. The Kier molecular flexibility index (Phi) is 6.79. The summed E-state index contributed by atoms with van der Waals surface area (Å²) in [5, 5.41) is 18.4. The third-order valence-electron chi connectivity index (χ3n) is 3.41. The van der Waals surface area contributed by atoms with Gasteiger partial charge in [-0.1, -0.05) is 19.8 Å². The van der Waals surface area contributed by atoms with Crippen LogP contribution in [0.2, 0.25) is 0 Å². The van der Waals surface area contributed by atoms with Gasteiger partial charge in [0.2, 0.25) is 0 Å².